The van der Waals surface area contributed by atoms with Crippen molar-refractivity contribution in [1.29, 1.82) is 0 Å². The van der Waals surface area contributed by atoms with Gasteiger partial charge in [0.2, 0.25) is 5.83 Å². The fraction of sp³-hybridized carbons (Fsp3) is 0.182. The molecule has 0 fully saturated rings. The summed E-state index contributed by atoms with van der Waals surface area (Å²) in [7, 11) is 2.88. The Bertz CT molecular complexity index is 426. The molecule has 0 saturated heterocycles. The first-order valence-electron chi connectivity index (χ1n) is 4.41. The van der Waals surface area contributed by atoms with E-state index >= 15 is 0 Å². The van der Waals surface area contributed by atoms with Gasteiger partial charge in [-0.15, -0.1) is 0 Å². The molecule has 0 spiro atoms. The summed E-state index contributed by atoms with van der Waals surface area (Å²) >= 11 is 0. The van der Waals surface area contributed by atoms with Crippen LogP contribution in [0.2, 0.25) is 0 Å². The molecule has 0 radical (unpaired) electrons. The SMILES string of the molecule is COc1ccc(OC)c(C=C(F)C(=O)O)c1. The first kappa shape index (κ1) is 12.0. The summed E-state index contributed by atoms with van der Waals surface area (Å²) in [6.45, 7) is 0. The number of carboxylic acids is 1. The molecule has 1 aromatic rings. The van der Waals surface area contributed by atoms with Gasteiger partial charge in [0.15, 0.2) is 0 Å². The lowest BCUT2D eigenvalue weighted by molar-refractivity contribution is -0.134. The quantitative estimate of drug-likeness (QED) is 0.799. The van der Waals surface area contributed by atoms with E-state index in [1.165, 1.54) is 20.3 Å². The fourth-order valence-electron chi connectivity index (χ4n) is 1.15. The number of hydrogen-bond acceptors (Lipinski definition) is 3. The predicted molar refractivity (Wildman–Crippen MR) is 56.3 cm³/mol. The first-order valence-corrected chi connectivity index (χ1v) is 4.41. The van der Waals surface area contributed by atoms with Crippen LogP contribution in [0.3, 0.4) is 0 Å². The van der Waals surface area contributed by atoms with Crippen molar-refractivity contribution in [2.45, 2.75) is 0 Å². The zero-order valence-corrected chi connectivity index (χ0v) is 8.86. The second-order valence-electron chi connectivity index (χ2n) is 2.91. The molecule has 5 heteroatoms. The molecule has 0 aliphatic carbocycles. The van der Waals surface area contributed by atoms with Crippen molar-refractivity contribution in [3.8, 4) is 11.5 Å². The molecule has 0 heterocycles. The maximum Gasteiger partial charge on any atom is 0.364 e. The normalized spacial score (nSPS) is 11.1. The molecule has 0 saturated carbocycles. The molecule has 0 unspecified atom stereocenters. The third-order valence-corrected chi connectivity index (χ3v) is 1.92. The second kappa shape index (κ2) is 5.16. The smallest absolute Gasteiger partial charge is 0.364 e. The van der Waals surface area contributed by atoms with Crippen molar-refractivity contribution < 1.29 is 23.8 Å². The molecule has 0 aromatic heterocycles. The minimum absolute atomic E-state index is 0.307. The number of halogens is 1. The zero-order valence-electron chi connectivity index (χ0n) is 8.86. The Hall–Kier alpha value is -2.04. The van der Waals surface area contributed by atoms with Gasteiger partial charge >= 0.3 is 5.97 Å². The van der Waals surface area contributed by atoms with Crippen LogP contribution in [-0.4, -0.2) is 25.3 Å². The highest BCUT2D eigenvalue weighted by Gasteiger charge is 2.09. The molecular formula is C11H11FO4. The molecule has 86 valence electrons. The monoisotopic (exact) mass is 226 g/mol. The largest absolute Gasteiger partial charge is 0.497 e. The highest BCUT2D eigenvalue weighted by Crippen LogP contribution is 2.26. The van der Waals surface area contributed by atoms with Crippen LogP contribution < -0.4 is 9.47 Å². The summed E-state index contributed by atoms with van der Waals surface area (Å²) in [6.07, 6.45) is 0.879. The lowest BCUT2D eigenvalue weighted by atomic mass is 10.1. The van der Waals surface area contributed by atoms with E-state index in [2.05, 4.69) is 0 Å². The molecule has 16 heavy (non-hydrogen) atoms. The van der Waals surface area contributed by atoms with Crippen molar-refractivity contribution in [3.63, 3.8) is 0 Å². The third-order valence-electron chi connectivity index (χ3n) is 1.92. The van der Waals surface area contributed by atoms with Crippen LogP contribution in [0.5, 0.6) is 11.5 Å². The Morgan fingerprint density at radius 3 is 2.56 bits per heavy atom. The predicted octanol–water partition coefficient (Wildman–Crippen LogP) is 2.10. The lowest BCUT2D eigenvalue weighted by Crippen LogP contribution is -1.95. The highest BCUT2D eigenvalue weighted by atomic mass is 19.1. The van der Waals surface area contributed by atoms with Crippen LogP contribution in [0.25, 0.3) is 6.08 Å². The molecule has 0 aliphatic heterocycles. The van der Waals surface area contributed by atoms with Crippen molar-refractivity contribution in [2.24, 2.45) is 0 Å². The van der Waals surface area contributed by atoms with Crippen LogP contribution in [0.4, 0.5) is 4.39 Å². The standard InChI is InChI=1S/C11H11FO4/c1-15-8-3-4-10(16-2)7(5-8)6-9(12)11(13)14/h3-6H,1-2H3,(H,13,14). The lowest BCUT2D eigenvalue weighted by Gasteiger charge is -2.06. The Morgan fingerprint density at radius 1 is 1.38 bits per heavy atom. The molecule has 1 aromatic carbocycles. The van der Waals surface area contributed by atoms with Crippen molar-refractivity contribution >= 4 is 12.0 Å². The number of benzene rings is 1. The maximum absolute atomic E-state index is 12.9. The van der Waals surface area contributed by atoms with E-state index in [0.29, 0.717) is 17.1 Å². The van der Waals surface area contributed by atoms with Gasteiger partial charge in [-0.3, -0.25) is 0 Å². The molecule has 0 amide bonds. The van der Waals surface area contributed by atoms with E-state index < -0.39 is 11.8 Å². The molecule has 4 nitrogen and oxygen atoms in total. The zero-order chi connectivity index (χ0) is 12.1. The average molecular weight is 226 g/mol. The summed E-state index contributed by atoms with van der Waals surface area (Å²) in [5, 5.41) is 8.42. The minimum atomic E-state index is -1.62. The van der Waals surface area contributed by atoms with Crippen molar-refractivity contribution in [2.75, 3.05) is 14.2 Å². The van der Waals surface area contributed by atoms with Gasteiger partial charge < -0.3 is 14.6 Å². The van der Waals surface area contributed by atoms with Crippen molar-refractivity contribution in [1.82, 2.24) is 0 Å². The molecule has 0 atom stereocenters. The van der Waals surface area contributed by atoms with Gasteiger partial charge in [0, 0.05) is 5.56 Å². The Balaban J connectivity index is 3.19. The van der Waals surface area contributed by atoms with Gasteiger partial charge in [0.05, 0.1) is 14.2 Å². The van der Waals surface area contributed by atoms with Gasteiger partial charge in [-0.2, -0.15) is 4.39 Å². The van der Waals surface area contributed by atoms with E-state index in [4.69, 9.17) is 14.6 Å². The third kappa shape index (κ3) is 2.73. The molecule has 1 N–H and O–H groups in total. The fourth-order valence-corrected chi connectivity index (χ4v) is 1.15. The number of rotatable bonds is 4. The molecule has 0 aliphatic rings. The van der Waals surface area contributed by atoms with Gasteiger partial charge in [-0.05, 0) is 24.3 Å². The van der Waals surface area contributed by atoms with Crippen LogP contribution in [0.1, 0.15) is 5.56 Å². The summed E-state index contributed by atoms with van der Waals surface area (Å²) in [6, 6.07) is 4.69. The Morgan fingerprint density at radius 2 is 2.06 bits per heavy atom. The van der Waals surface area contributed by atoms with Crippen molar-refractivity contribution in [3.05, 3.63) is 29.6 Å². The van der Waals surface area contributed by atoms with E-state index in [0.717, 1.165) is 6.08 Å². The van der Waals surface area contributed by atoms with E-state index in [1.54, 1.807) is 12.1 Å². The van der Waals surface area contributed by atoms with Crippen LogP contribution in [0, 0.1) is 0 Å². The van der Waals surface area contributed by atoms with E-state index in [1.807, 2.05) is 0 Å². The summed E-state index contributed by atoms with van der Waals surface area (Å²) in [5.74, 6) is -2.01. The summed E-state index contributed by atoms with van der Waals surface area (Å²) in [5.41, 5.74) is 0.307. The van der Waals surface area contributed by atoms with Crippen LogP contribution in [-0.2, 0) is 4.79 Å². The molecular weight excluding hydrogens is 215 g/mol. The Labute approximate surface area is 91.9 Å². The second-order valence-corrected chi connectivity index (χ2v) is 2.91. The molecule has 1 rings (SSSR count). The number of hydrogen-bond donors (Lipinski definition) is 1. The van der Waals surface area contributed by atoms with Gasteiger partial charge in [0.25, 0.3) is 0 Å². The topological polar surface area (TPSA) is 55.8 Å². The number of carboxylic acid groups (broad SMARTS) is 1. The van der Waals surface area contributed by atoms with E-state index in [-0.39, 0.29) is 0 Å². The number of carbonyl (C=O) groups is 1. The highest BCUT2D eigenvalue weighted by molar-refractivity contribution is 5.90. The van der Waals surface area contributed by atoms with Gasteiger partial charge in [0.1, 0.15) is 11.5 Å². The van der Waals surface area contributed by atoms with E-state index in [9.17, 15) is 9.18 Å². The number of methoxy groups -OCH3 is 2. The number of ether oxygens (including phenoxy) is 2. The van der Waals surface area contributed by atoms with Gasteiger partial charge in [-0.25, -0.2) is 4.79 Å². The van der Waals surface area contributed by atoms with Crippen LogP contribution in [0.15, 0.2) is 24.0 Å². The maximum atomic E-state index is 12.9. The van der Waals surface area contributed by atoms with Crippen LogP contribution >= 0.6 is 0 Å². The molecule has 0 bridgehead atoms. The Kier molecular flexibility index (Phi) is 3.88. The first-order chi connectivity index (χ1) is 7.58. The average Bonchev–Trinajstić information content (AvgIpc) is 2.28. The summed E-state index contributed by atoms with van der Waals surface area (Å²) in [4.78, 5) is 10.3. The van der Waals surface area contributed by atoms with Gasteiger partial charge in [-0.1, -0.05) is 0 Å². The number of aliphatic carboxylic acids is 1. The minimum Gasteiger partial charge on any atom is -0.497 e. The summed E-state index contributed by atoms with van der Waals surface area (Å²) < 4.78 is 22.8.